The Labute approximate surface area is 122 Å². The molecule has 0 atom stereocenters. The summed E-state index contributed by atoms with van der Waals surface area (Å²) in [5.41, 5.74) is 6.42. The Hall–Kier alpha value is -1.26. The van der Waals surface area contributed by atoms with Crippen LogP contribution in [-0.4, -0.2) is 44.2 Å². The normalized spacial score (nSPS) is 16.2. The Morgan fingerprint density at radius 2 is 1.70 bits per heavy atom. The number of ether oxygens (including phenoxy) is 1. The lowest BCUT2D eigenvalue weighted by molar-refractivity contribution is 0.234. The standard InChI is InChI=1S/C16H27N3O/c17-15-5-7-16(8-6-15)20-14-4-2-1-3-11-19-12-9-18-10-13-19/h5-8,18H,1-4,9-14,17H2. The van der Waals surface area contributed by atoms with Gasteiger partial charge in [0.25, 0.3) is 0 Å². The van der Waals surface area contributed by atoms with Crippen LogP contribution in [0.15, 0.2) is 24.3 Å². The molecular weight excluding hydrogens is 250 g/mol. The first kappa shape index (κ1) is 15.1. The highest BCUT2D eigenvalue weighted by Gasteiger charge is 2.07. The lowest BCUT2D eigenvalue weighted by atomic mass is 10.2. The summed E-state index contributed by atoms with van der Waals surface area (Å²) >= 11 is 0. The Bertz CT molecular complexity index is 360. The predicted molar refractivity (Wildman–Crippen MR) is 84.1 cm³/mol. The Balaban J connectivity index is 1.44. The molecule has 1 aromatic carbocycles. The average molecular weight is 277 g/mol. The molecule has 4 nitrogen and oxygen atoms in total. The van der Waals surface area contributed by atoms with Gasteiger partial charge in [-0.25, -0.2) is 0 Å². The first-order valence-electron chi connectivity index (χ1n) is 7.76. The van der Waals surface area contributed by atoms with Crippen molar-refractivity contribution in [3.05, 3.63) is 24.3 Å². The van der Waals surface area contributed by atoms with Gasteiger partial charge in [-0.05, 0) is 43.7 Å². The van der Waals surface area contributed by atoms with Crippen LogP contribution in [0.1, 0.15) is 25.7 Å². The molecule has 0 radical (unpaired) electrons. The fraction of sp³-hybridized carbons (Fsp3) is 0.625. The van der Waals surface area contributed by atoms with Crippen LogP contribution in [0.25, 0.3) is 0 Å². The molecule has 0 unspecified atom stereocenters. The number of anilines is 1. The van der Waals surface area contributed by atoms with E-state index in [0.717, 1.165) is 37.6 Å². The average Bonchev–Trinajstić information content (AvgIpc) is 2.49. The summed E-state index contributed by atoms with van der Waals surface area (Å²) in [7, 11) is 0. The minimum atomic E-state index is 0.783. The fourth-order valence-corrected chi connectivity index (χ4v) is 2.48. The molecule has 0 bridgehead atoms. The summed E-state index contributed by atoms with van der Waals surface area (Å²) in [5, 5.41) is 3.39. The van der Waals surface area contributed by atoms with Crippen molar-refractivity contribution in [3.63, 3.8) is 0 Å². The van der Waals surface area contributed by atoms with E-state index in [1.807, 2.05) is 24.3 Å². The second-order valence-corrected chi connectivity index (χ2v) is 5.42. The number of piperazine rings is 1. The quantitative estimate of drug-likeness (QED) is 0.564. The van der Waals surface area contributed by atoms with Crippen molar-refractivity contribution in [2.45, 2.75) is 25.7 Å². The highest BCUT2D eigenvalue weighted by atomic mass is 16.5. The smallest absolute Gasteiger partial charge is 0.119 e. The summed E-state index contributed by atoms with van der Waals surface area (Å²) < 4.78 is 5.68. The highest BCUT2D eigenvalue weighted by Crippen LogP contribution is 2.13. The van der Waals surface area contributed by atoms with Gasteiger partial charge >= 0.3 is 0 Å². The zero-order chi connectivity index (χ0) is 14.0. The van der Waals surface area contributed by atoms with Crippen LogP contribution < -0.4 is 15.8 Å². The van der Waals surface area contributed by atoms with E-state index in [9.17, 15) is 0 Å². The molecule has 0 aliphatic carbocycles. The second kappa shape index (κ2) is 8.82. The Morgan fingerprint density at radius 3 is 2.45 bits per heavy atom. The van der Waals surface area contributed by atoms with Gasteiger partial charge in [0.1, 0.15) is 5.75 Å². The van der Waals surface area contributed by atoms with Gasteiger partial charge in [0.2, 0.25) is 0 Å². The molecule has 0 amide bonds. The molecule has 1 aromatic rings. The molecule has 1 saturated heterocycles. The minimum absolute atomic E-state index is 0.783. The molecule has 1 aliphatic heterocycles. The van der Waals surface area contributed by atoms with E-state index in [1.165, 1.54) is 38.9 Å². The van der Waals surface area contributed by atoms with E-state index < -0.39 is 0 Å². The zero-order valence-corrected chi connectivity index (χ0v) is 12.3. The summed E-state index contributed by atoms with van der Waals surface area (Å²) in [6, 6.07) is 7.62. The van der Waals surface area contributed by atoms with Gasteiger partial charge in [-0.15, -0.1) is 0 Å². The number of nitrogens with zero attached hydrogens (tertiary/aromatic N) is 1. The molecule has 0 aromatic heterocycles. The van der Waals surface area contributed by atoms with Crippen LogP contribution in [0, 0.1) is 0 Å². The molecule has 4 heteroatoms. The lowest BCUT2D eigenvalue weighted by Gasteiger charge is -2.26. The van der Waals surface area contributed by atoms with Crippen molar-refractivity contribution in [1.29, 1.82) is 0 Å². The maximum atomic E-state index is 5.68. The van der Waals surface area contributed by atoms with Gasteiger partial charge < -0.3 is 20.7 Å². The number of nitrogens with one attached hydrogen (secondary N) is 1. The first-order valence-corrected chi connectivity index (χ1v) is 7.76. The molecule has 1 fully saturated rings. The second-order valence-electron chi connectivity index (χ2n) is 5.42. The lowest BCUT2D eigenvalue weighted by Crippen LogP contribution is -2.43. The van der Waals surface area contributed by atoms with E-state index in [0.29, 0.717) is 0 Å². The monoisotopic (exact) mass is 277 g/mol. The number of hydrogen-bond acceptors (Lipinski definition) is 4. The third-order valence-electron chi connectivity index (χ3n) is 3.73. The number of nitrogen functional groups attached to an aromatic ring is 1. The molecule has 20 heavy (non-hydrogen) atoms. The number of nitrogens with two attached hydrogens (primary N) is 1. The minimum Gasteiger partial charge on any atom is -0.494 e. The molecule has 3 N–H and O–H groups in total. The fourth-order valence-electron chi connectivity index (χ4n) is 2.48. The van der Waals surface area contributed by atoms with Crippen molar-refractivity contribution in [1.82, 2.24) is 10.2 Å². The molecular formula is C16H27N3O. The molecule has 1 heterocycles. The van der Waals surface area contributed by atoms with Gasteiger partial charge in [0, 0.05) is 31.9 Å². The van der Waals surface area contributed by atoms with E-state index in [1.54, 1.807) is 0 Å². The topological polar surface area (TPSA) is 50.5 Å². The van der Waals surface area contributed by atoms with E-state index in [4.69, 9.17) is 10.5 Å². The van der Waals surface area contributed by atoms with Gasteiger partial charge in [0.15, 0.2) is 0 Å². The summed E-state index contributed by atoms with van der Waals surface area (Å²) in [6.07, 6.45) is 4.99. The van der Waals surface area contributed by atoms with Crippen LogP contribution in [0.2, 0.25) is 0 Å². The van der Waals surface area contributed by atoms with Gasteiger partial charge in [-0.1, -0.05) is 12.8 Å². The molecule has 0 saturated carbocycles. The first-order chi connectivity index (χ1) is 9.84. The van der Waals surface area contributed by atoms with Gasteiger partial charge in [-0.3, -0.25) is 0 Å². The van der Waals surface area contributed by atoms with Crippen molar-refractivity contribution >= 4 is 5.69 Å². The molecule has 1 aliphatic rings. The third kappa shape index (κ3) is 5.80. The van der Waals surface area contributed by atoms with Crippen molar-refractivity contribution in [3.8, 4) is 5.75 Å². The Morgan fingerprint density at radius 1 is 1.00 bits per heavy atom. The summed E-state index contributed by atoms with van der Waals surface area (Å²) in [6.45, 7) is 6.77. The van der Waals surface area contributed by atoms with Crippen molar-refractivity contribution < 1.29 is 4.74 Å². The Kier molecular flexibility index (Phi) is 6.68. The molecule has 112 valence electrons. The van der Waals surface area contributed by atoms with Crippen LogP contribution in [0.3, 0.4) is 0 Å². The van der Waals surface area contributed by atoms with Crippen molar-refractivity contribution in [2.75, 3.05) is 45.1 Å². The maximum Gasteiger partial charge on any atom is 0.119 e. The summed E-state index contributed by atoms with van der Waals surface area (Å²) in [4.78, 5) is 2.56. The predicted octanol–water partition coefficient (Wildman–Crippen LogP) is 2.11. The van der Waals surface area contributed by atoms with E-state index >= 15 is 0 Å². The van der Waals surface area contributed by atoms with Crippen LogP contribution in [0.4, 0.5) is 5.69 Å². The highest BCUT2D eigenvalue weighted by molar-refractivity contribution is 5.41. The van der Waals surface area contributed by atoms with Crippen molar-refractivity contribution in [2.24, 2.45) is 0 Å². The molecule has 0 spiro atoms. The zero-order valence-electron chi connectivity index (χ0n) is 12.3. The molecule has 2 rings (SSSR count). The number of unbranched alkanes of at least 4 members (excludes halogenated alkanes) is 3. The summed E-state index contributed by atoms with van der Waals surface area (Å²) in [5.74, 6) is 0.917. The van der Waals surface area contributed by atoms with Gasteiger partial charge in [0.05, 0.1) is 6.61 Å². The maximum absolute atomic E-state index is 5.68. The van der Waals surface area contributed by atoms with Crippen LogP contribution in [-0.2, 0) is 0 Å². The van der Waals surface area contributed by atoms with Crippen LogP contribution in [0.5, 0.6) is 5.75 Å². The third-order valence-corrected chi connectivity index (χ3v) is 3.73. The van der Waals surface area contributed by atoms with Crippen LogP contribution >= 0.6 is 0 Å². The van der Waals surface area contributed by atoms with E-state index in [-0.39, 0.29) is 0 Å². The van der Waals surface area contributed by atoms with Gasteiger partial charge in [-0.2, -0.15) is 0 Å². The number of rotatable bonds is 8. The van der Waals surface area contributed by atoms with E-state index in [2.05, 4.69) is 10.2 Å². The number of hydrogen-bond donors (Lipinski definition) is 2. The number of benzene rings is 1. The largest absolute Gasteiger partial charge is 0.494 e. The SMILES string of the molecule is Nc1ccc(OCCCCCCN2CCNCC2)cc1.